The molecule has 1 aromatic carbocycles. The molecule has 1 aliphatic heterocycles. The van der Waals surface area contributed by atoms with Gasteiger partial charge >= 0.3 is 0 Å². The zero-order chi connectivity index (χ0) is 17.5. The first-order valence-corrected chi connectivity index (χ1v) is 8.68. The zero-order valence-electron chi connectivity index (χ0n) is 14.8. The number of guanidine groups is 1. The highest BCUT2D eigenvalue weighted by Gasteiger charge is 2.22. The Balaban J connectivity index is 1.82. The maximum atomic E-state index is 13.8. The molecule has 134 valence electrons. The number of halogens is 2. The van der Waals surface area contributed by atoms with Gasteiger partial charge in [0.05, 0.1) is 0 Å². The molecular weight excluding hydrogens is 310 g/mol. The Hall–Kier alpha value is -1.69. The highest BCUT2D eigenvalue weighted by Crippen LogP contribution is 2.19. The molecule has 2 unspecified atom stereocenters. The summed E-state index contributed by atoms with van der Waals surface area (Å²) in [5, 5.41) is 6.58. The van der Waals surface area contributed by atoms with E-state index in [1.807, 2.05) is 6.92 Å². The summed E-state index contributed by atoms with van der Waals surface area (Å²) in [7, 11) is 1.73. The van der Waals surface area contributed by atoms with Gasteiger partial charge in [-0.15, -0.1) is 0 Å². The number of likely N-dealkylation sites (N-methyl/N-ethyl adjacent to an activating group) is 1. The number of aliphatic imine (C=N–C) groups is 1. The van der Waals surface area contributed by atoms with Gasteiger partial charge in [0.25, 0.3) is 0 Å². The van der Waals surface area contributed by atoms with Crippen LogP contribution in [0.5, 0.6) is 0 Å². The summed E-state index contributed by atoms with van der Waals surface area (Å²) >= 11 is 0. The Morgan fingerprint density at radius 2 is 2.17 bits per heavy atom. The minimum atomic E-state index is -0.550. The lowest BCUT2D eigenvalue weighted by molar-refractivity contribution is 0.267. The van der Waals surface area contributed by atoms with Crippen LogP contribution in [0.3, 0.4) is 0 Å². The van der Waals surface area contributed by atoms with Gasteiger partial charge in [-0.3, -0.25) is 9.89 Å². The summed E-state index contributed by atoms with van der Waals surface area (Å²) in [6.45, 7) is 7.71. The van der Waals surface area contributed by atoms with Crippen molar-refractivity contribution in [3.05, 3.63) is 35.4 Å². The van der Waals surface area contributed by atoms with Crippen molar-refractivity contribution in [2.75, 3.05) is 33.2 Å². The van der Waals surface area contributed by atoms with Gasteiger partial charge in [0.15, 0.2) is 5.96 Å². The molecule has 1 fully saturated rings. The summed E-state index contributed by atoms with van der Waals surface area (Å²) in [4.78, 5) is 6.69. The molecule has 24 heavy (non-hydrogen) atoms. The van der Waals surface area contributed by atoms with Crippen LogP contribution in [0.2, 0.25) is 0 Å². The molecule has 1 saturated heterocycles. The van der Waals surface area contributed by atoms with Crippen molar-refractivity contribution < 1.29 is 8.78 Å². The second kappa shape index (κ2) is 8.97. The van der Waals surface area contributed by atoms with Crippen LogP contribution in [-0.4, -0.2) is 50.1 Å². The van der Waals surface area contributed by atoms with Crippen molar-refractivity contribution in [2.45, 2.75) is 38.6 Å². The Labute approximate surface area is 143 Å². The quantitative estimate of drug-likeness (QED) is 0.619. The third-order valence-electron chi connectivity index (χ3n) is 4.70. The highest BCUT2D eigenvalue weighted by atomic mass is 19.1. The van der Waals surface area contributed by atoms with Crippen LogP contribution in [0.4, 0.5) is 8.78 Å². The fourth-order valence-electron chi connectivity index (χ4n) is 3.24. The zero-order valence-corrected chi connectivity index (χ0v) is 14.8. The number of hydrogen-bond donors (Lipinski definition) is 2. The van der Waals surface area contributed by atoms with Gasteiger partial charge in [-0.05, 0) is 37.6 Å². The molecule has 0 spiro atoms. The van der Waals surface area contributed by atoms with Gasteiger partial charge in [0.1, 0.15) is 11.6 Å². The van der Waals surface area contributed by atoms with Gasteiger partial charge < -0.3 is 10.6 Å². The minimum absolute atomic E-state index is 0.0808. The third-order valence-corrected chi connectivity index (χ3v) is 4.70. The lowest BCUT2D eigenvalue weighted by atomic mass is 10.0. The number of likely N-dealkylation sites (tertiary alicyclic amines) is 1. The SMILES string of the molecule is CCN1CCCC1CNC(=NC)NCC(C)c1ccc(F)cc1F. The van der Waals surface area contributed by atoms with E-state index >= 15 is 0 Å². The monoisotopic (exact) mass is 338 g/mol. The number of benzene rings is 1. The molecule has 1 heterocycles. The minimum Gasteiger partial charge on any atom is -0.356 e. The maximum absolute atomic E-state index is 13.8. The average molecular weight is 338 g/mol. The molecule has 0 saturated carbocycles. The summed E-state index contributed by atoms with van der Waals surface area (Å²) in [5.41, 5.74) is 0.507. The van der Waals surface area contributed by atoms with Crippen LogP contribution in [-0.2, 0) is 0 Å². The normalized spacial score (nSPS) is 20.2. The molecule has 0 aliphatic carbocycles. The first kappa shape index (κ1) is 18.6. The molecule has 4 nitrogen and oxygen atoms in total. The van der Waals surface area contributed by atoms with E-state index in [2.05, 4.69) is 27.4 Å². The van der Waals surface area contributed by atoms with Gasteiger partial charge in [-0.1, -0.05) is 19.9 Å². The third kappa shape index (κ3) is 4.90. The average Bonchev–Trinajstić information content (AvgIpc) is 3.02. The van der Waals surface area contributed by atoms with E-state index in [0.717, 1.165) is 25.7 Å². The fourth-order valence-corrected chi connectivity index (χ4v) is 3.24. The number of rotatable bonds is 6. The predicted molar refractivity (Wildman–Crippen MR) is 94.4 cm³/mol. The lowest BCUT2D eigenvalue weighted by Crippen LogP contribution is -2.45. The van der Waals surface area contributed by atoms with Crippen molar-refractivity contribution >= 4 is 5.96 Å². The number of nitrogens with zero attached hydrogens (tertiary/aromatic N) is 2. The van der Waals surface area contributed by atoms with Crippen LogP contribution >= 0.6 is 0 Å². The van der Waals surface area contributed by atoms with E-state index in [1.54, 1.807) is 7.05 Å². The molecule has 2 atom stereocenters. The Morgan fingerprint density at radius 3 is 2.83 bits per heavy atom. The first-order chi connectivity index (χ1) is 11.5. The number of hydrogen-bond acceptors (Lipinski definition) is 2. The number of nitrogens with one attached hydrogen (secondary N) is 2. The van der Waals surface area contributed by atoms with Crippen molar-refractivity contribution in [1.82, 2.24) is 15.5 Å². The molecular formula is C18H28F2N4. The molecule has 0 bridgehead atoms. The highest BCUT2D eigenvalue weighted by molar-refractivity contribution is 5.79. The van der Waals surface area contributed by atoms with Gasteiger partial charge in [-0.25, -0.2) is 8.78 Å². The maximum Gasteiger partial charge on any atom is 0.191 e. The van der Waals surface area contributed by atoms with E-state index in [9.17, 15) is 8.78 Å². The summed E-state index contributed by atoms with van der Waals surface area (Å²) in [6.07, 6.45) is 2.45. The Bertz CT molecular complexity index is 562. The van der Waals surface area contributed by atoms with Gasteiger partial charge in [-0.2, -0.15) is 0 Å². The van der Waals surface area contributed by atoms with E-state index < -0.39 is 11.6 Å². The van der Waals surface area contributed by atoms with Crippen molar-refractivity contribution in [3.8, 4) is 0 Å². The van der Waals surface area contributed by atoms with E-state index in [0.29, 0.717) is 24.1 Å². The van der Waals surface area contributed by atoms with Crippen molar-refractivity contribution in [3.63, 3.8) is 0 Å². The van der Waals surface area contributed by atoms with Gasteiger partial charge in [0, 0.05) is 38.2 Å². The summed E-state index contributed by atoms with van der Waals surface area (Å²) in [5.74, 6) is -0.419. The Kier molecular flexibility index (Phi) is 6.97. The lowest BCUT2D eigenvalue weighted by Gasteiger charge is -2.24. The molecule has 0 aromatic heterocycles. The molecule has 6 heteroatoms. The largest absolute Gasteiger partial charge is 0.356 e. The van der Waals surface area contributed by atoms with Crippen molar-refractivity contribution in [2.24, 2.45) is 4.99 Å². The summed E-state index contributed by atoms with van der Waals surface area (Å²) in [6, 6.07) is 4.27. The van der Waals surface area contributed by atoms with E-state index in [1.165, 1.54) is 25.0 Å². The van der Waals surface area contributed by atoms with Crippen LogP contribution in [0.25, 0.3) is 0 Å². The molecule has 0 radical (unpaired) electrons. The molecule has 2 rings (SSSR count). The van der Waals surface area contributed by atoms with Crippen LogP contribution < -0.4 is 10.6 Å². The molecule has 2 N–H and O–H groups in total. The molecule has 1 aromatic rings. The van der Waals surface area contributed by atoms with E-state index in [4.69, 9.17) is 0 Å². The second-order valence-corrected chi connectivity index (χ2v) is 6.33. The second-order valence-electron chi connectivity index (χ2n) is 6.33. The molecule has 0 amide bonds. The Morgan fingerprint density at radius 1 is 1.38 bits per heavy atom. The smallest absolute Gasteiger partial charge is 0.191 e. The topological polar surface area (TPSA) is 39.7 Å². The fraction of sp³-hybridized carbons (Fsp3) is 0.611. The van der Waals surface area contributed by atoms with Crippen LogP contribution in [0.1, 0.15) is 38.2 Å². The van der Waals surface area contributed by atoms with Crippen LogP contribution in [0, 0.1) is 11.6 Å². The van der Waals surface area contributed by atoms with Crippen LogP contribution in [0.15, 0.2) is 23.2 Å². The molecule has 1 aliphatic rings. The first-order valence-electron chi connectivity index (χ1n) is 8.68. The summed E-state index contributed by atoms with van der Waals surface area (Å²) < 4.78 is 26.8. The predicted octanol–water partition coefficient (Wildman–Crippen LogP) is 2.72. The van der Waals surface area contributed by atoms with E-state index in [-0.39, 0.29) is 5.92 Å². The standard InChI is InChI=1S/C18H28F2N4/c1-4-24-9-5-6-15(24)12-23-18(21-3)22-11-13(2)16-8-7-14(19)10-17(16)20/h7-8,10,13,15H,4-6,9,11-12H2,1-3H3,(H2,21,22,23). The van der Waals surface area contributed by atoms with Crippen molar-refractivity contribution in [1.29, 1.82) is 0 Å². The van der Waals surface area contributed by atoms with Gasteiger partial charge in [0.2, 0.25) is 0 Å².